The molecule has 0 aliphatic heterocycles. The molecule has 0 amide bonds. The van der Waals surface area contributed by atoms with Crippen LogP contribution in [0.4, 0.5) is 13.2 Å². The minimum Gasteiger partial charge on any atom is -0.171 e. The molecule has 98 valence electrons. The molecule has 1 atom stereocenters. The van der Waals surface area contributed by atoms with E-state index in [2.05, 4.69) is 6.07 Å². The molecule has 1 aliphatic carbocycles. The van der Waals surface area contributed by atoms with Gasteiger partial charge in [0.15, 0.2) is 0 Å². The van der Waals surface area contributed by atoms with Crippen molar-refractivity contribution in [3.05, 3.63) is 41.0 Å². The first-order valence-electron chi connectivity index (χ1n) is 6.21. The van der Waals surface area contributed by atoms with Gasteiger partial charge in [0.25, 0.3) is 0 Å². The van der Waals surface area contributed by atoms with Gasteiger partial charge in [0, 0.05) is 0 Å². The molecule has 1 aromatic carbocycles. The fourth-order valence-corrected chi connectivity index (χ4v) is 2.55. The molecule has 1 aromatic rings. The van der Waals surface area contributed by atoms with Gasteiger partial charge in [0.2, 0.25) is 0 Å². The van der Waals surface area contributed by atoms with Crippen LogP contribution in [-0.2, 0) is 0 Å². The number of aryl methyl sites for hydroxylation is 2. The van der Waals surface area contributed by atoms with Crippen molar-refractivity contribution in [1.29, 1.82) is 0 Å². The molecule has 0 radical (unpaired) electrons. The smallest absolute Gasteiger partial charge is 0.171 e. The van der Waals surface area contributed by atoms with Crippen LogP contribution in [0.2, 0.25) is 0 Å². The van der Waals surface area contributed by atoms with Gasteiger partial charge in [-0.15, -0.1) is 0 Å². The van der Waals surface area contributed by atoms with Crippen LogP contribution in [0.1, 0.15) is 36.0 Å². The predicted octanol–water partition coefficient (Wildman–Crippen LogP) is 5.05. The van der Waals surface area contributed by atoms with Gasteiger partial charge in [-0.1, -0.05) is 29.8 Å². The van der Waals surface area contributed by atoms with Crippen molar-refractivity contribution in [2.24, 2.45) is 5.92 Å². The number of alkyl halides is 3. The zero-order valence-corrected chi connectivity index (χ0v) is 10.6. The zero-order chi connectivity index (χ0) is 13.3. The van der Waals surface area contributed by atoms with Crippen LogP contribution >= 0.6 is 0 Å². The third-order valence-corrected chi connectivity index (χ3v) is 3.60. The van der Waals surface area contributed by atoms with Crippen molar-refractivity contribution in [3.8, 4) is 0 Å². The minimum absolute atomic E-state index is 0.117. The maximum atomic E-state index is 12.6. The van der Waals surface area contributed by atoms with Crippen LogP contribution in [0.15, 0.2) is 24.3 Å². The summed E-state index contributed by atoms with van der Waals surface area (Å²) >= 11 is 0. The van der Waals surface area contributed by atoms with E-state index in [0.29, 0.717) is 6.42 Å². The van der Waals surface area contributed by atoms with Crippen molar-refractivity contribution in [2.75, 3.05) is 0 Å². The molecule has 0 N–H and O–H groups in total. The largest absolute Gasteiger partial charge is 0.392 e. The molecule has 1 unspecified atom stereocenters. The molecule has 18 heavy (non-hydrogen) atoms. The second-order valence-corrected chi connectivity index (χ2v) is 5.06. The van der Waals surface area contributed by atoms with Gasteiger partial charge in [0.05, 0.1) is 5.92 Å². The Kier molecular flexibility index (Phi) is 3.51. The average molecular weight is 254 g/mol. The van der Waals surface area contributed by atoms with Gasteiger partial charge >= 0.3 is 6.18 Å². The topological polar surface area (TPSA) is 0 Å². The monoisotopic (exact) mass is 254 g/mol. The lowest BCUT2D eigenvalue weighted by molar-refractivity contribution is -0.175. The second kappa shape index (κ2) is 4.79. The zero-order valence-electron chi connectivity index (χ0n) is 10.6. The highest BCUT2D eigenvalue weighted by molar-refractivity contribution is 5.69. The van der Waals surface area contributed by atoms with Crippen LogP contribution in [-0.4, -0.2) is 6.18 Å². The van der Waals surface area contributed by atoms with Gasteiger partial charge in [-0.25, -0.2) is 0 Å². The highest BCUT2D eigenvalue weighted by Crippen LogP contribution is 2.39. The number of hydrogen-bond donors (Lipinski definition) is 0. The summed E-state index contributed by atoms with van der Waals surface area (Å²) in [5, 5.41) is 0. The normalized spacial score (nSPS) is 20.7. The second-order valence-electron chi connectivity index (χ2n) is 5.06. The summed E-state index contributed by atoms with van der Waals surface area (Å²) in [6.07, 6.45) is -1.44. The number of allylic oxidation sites excluding steroid dienone is 2. The molecule has 0 saturated heterocycles. The molecule has 3 heteroatoms. The summed E-state index contributed by atoms with van der Waals surface area (Å²) < 4.78 is 37.7. The molecular formula is C15H17F3. The summed E-state index contributed by atoms with van der Waals surface area (Å²) in [5.41, 5.74) is 4.49. The molecule has 2 rings (SSSR count). The van der Waals surface area contributed by atoms with E-state index >= 15 is 0 Å². The summed E-state index contributed by atoms with van der Waals surface area (Å²) in [6.45, 7) is 4.03. The fraction of sp³-hybridized carbons (Fsp3) is 0.467. The summed E-state index contributed by atoms with van der Waals surface area (Å²) in [5.74, 6) is -1.16. The Morgan fingerprint density at radius 1 is 1.17 bits per heavy atom. The van der Waals surface area contributed by atoms with E-state index in [0.717, 1.165) is 16.7 Å². The van der Waals surface area contributed by atoms with E-state index in [9.17, 15) is 13.2 Å². The van der Waals surface area contributed by atoms with E-state index in [4.69, 9.17) is 0 Å². The Hall–Kier alpha value is -1.25. The first-order chi connectivity index (χ1) is 8.38. The van der Waals surface area contributed by atoms with Crippen molar-refractivity contribution in [2.45, 2.75) is 39.3 Å². The van der Waals surface area contributed by atoms with Gasteiger partial charge < -0.3 is 0 Å². The summed E-state index contributed by atoms with van der Waals surface area (Å²) in [7, 11) is 0. The van der Waals surface area contributed by atoms with Crippen LogP contribution in [0.5, 0.6) is 0 Å². The average Bonchev–Trinajstić information content (AvgIpc) is 2.28. The number of benzene rings is 1. The Morgan fingerprint density at radius 3 is 2.39 bits per heavy atom. The van der Waals surface area contributed by atoms with Crippen LogP contribution in [0.3, 0.4) is 0 Å². The molecule has 0 aromatic heterocycles. The first kappa shape index (κ1) is 13.2. The Balaban J connectivity index is 2.19. The highest BCUT2D eigenvalue weighted by Gasteiger charge is 2.39. The van der Waals surface area contributed by atoms with Crippen molar-refractivity contribution in [3.63, 3.8) is 0 Å². The molecule has 0 saturated carbocycles. The molecule has 0 bridgehead atoms. The van der Waals surface area contributed by atoms with Crippen LogP contribution in [0.25, 0.3) is 5.57 Å². The predicted molar refractivity (Wildman–Crippen MR) is 67.3 cm³/mol. The lowest BCUT2D eigenvalue weighted by Crippen LogP contribution is -2.24. The third kappa shape index (κ3) is 2.77. The minimum atomic E-state index is -4.05. The van der Waals surface area contributed by atoms with E-state index in [1.807, 2.05) is 26.0 Å². The van der Waals surface area contributed by atoms with Gasteiger partial charge in [-0.05, 0) is 49.8 Å². The first-order valence-corrected chi connectivity index (χ1v) is 6.21. The molecule has 0 fully saturated rings. The van der Waals surface area contributed by atoms with Gasteiger partial charge in [0.1, 0.15) is 0 Å². The van der Waals surface area contributed by atoms with Gasteiger partial charge in [-0.2, -0.15) is 13.2 Å². The lowest BCUT2D eigenvalue weighted by atomic mass is 9.85. The quantitative estimate of drug-likeness (QED) is 0.658. The van der Waals surface area contributed by atoms with Crippen LogP contribution < -0.4 is 0 Å². The summed E-state index contributed by atoms with van der Waals surface area (Å²) in [6, 6.07) is 6.11. The third-order valence-electron chi connectivity index (χ3n) is 3.60. The summed E-state index contributed by atoms with van der Waals surface area (Å²) in [4.78, 5) is 0. The Bertz CT molecular complexity index is 469. The molecule has 0 nitrogen and oxygen atoms in total. The standard InChI is InChI=1S/C15H17F3/c1-10-3-8-14(11(2)9-10)12-4-6-13(7-5-12)15(16,17)18/h3-4,8-9,13H,5-7H2,1-2H3. The van der Waals surface area contributed by atoms with E-state index in [1.54, 1.807) is 6.08 Å². The van der Waals surface area contributed by atoms with Crippen molar-refractivity contribution in [1.82, 2.24) is 0 Å². The highest BCUT2D eigenvalue weighted by atomic mass is 19.4. The maximum Gasteiger partial charge on any atom is 0.392 e. The van der Waals surface area contributed by atoms with Crippen molar-refractivity contribution >= 4 is 5.57 Å². The molecule has 0 spiro atoms. The Morgan fingerprint density at radius 2 is 1.89 bits per heavy atom. The van der Waals surface area contributed by atoms with Crippen LogP contribution in [0, 0.1) is 19.8 Å². The van der Waals surface area contributed by atoms with E-state index < -0.39 is 12.1 Å². The van der Waals surface area contributed by atoms with E-state index in [1.165, 1.54) is 5.56 Å². The SMILES string of the molecule is Cc1ccc(C2=CCC(C(F)(F)F)CC2)c(C)c1. The lowest BCUT2D eigenvalue weighted by Gasteiger charge is -2.25. The van der Waals surface area contributed by atoms with Crippen molar-refractivity contribution < 1.29 is 13.2 Å². The maximum absolute atomic E-state index is 12.6. The number of halogens is 3. The number of hydrogen-bond acceptors (Lipinski definition) is 0. The van der Waals surface area contributed by atoms with E-state index in [-0.39, 0.29) is 12.8 Å². The molecule has 1 aliphatic rings. The fourth-order valence-electron chi connectivity index (χ4n) is 2.55. The number of rotatable bonds is 1. The molecule has 0 heterocycles. The Labute approximate surface area is 106 Å². The molecular weight excluding hydrogens is 237 g/mol. The van der Waals surface area contributed by atoms with Gasteiger partial charge in [-0.3, -0.25) is 0 Å².